The van der Waals surface area contributed by atoms with Crippen molar-refractivity contribution in [3.8, 4) is 0 Å². The maximum Gasteiger partial charge on any atom is 0.264 e. The number of aryl methyl sites for hydroxylation is 1. The molecule has 6 nitrogen and oxygen atoms in total. The summed E-state index contributed by atoms with van der Waals surface area (Å²) in [5.41, 5.74) is 2.55. The normalized spacial score (nSPS) is 15.8. The number of ether oxygens (including phenoxy) is 1. The number of nitrogens with one attached hydrogen (secondary N) is 1. The van der Waals surface area contributed by atoms with Gasteiger partial charge in [0.15, 0.2) is 0 Å². The van der Waals surface area contributed by atoms with Crippen molar-refractivity contribution in [1.29, 1.82) is 0 Å². The highest BCUT2D eigenvalue weighted by atomic mass is 35.5. The number of rotatable bonds is 8. The second-order valence-electron chi connectivity index (χ2n) is 8.30. The van der Waals surface area contributed by atoms with E-state index in [0.717, 1.165) is 30.6 Å². The van der Waals surface area contributed by atoms with Gasteiger partial charge < -0.3 is 10.1 Å². The van der Waals surface area contributed by atoms with Gasteiger partial charge in [-0.3, -0.25) is 9.10 Å². The molecule has 0 aromatic heterocycles. The molecule has 0 unspecified atom stereocenters. The maximum absolute atomic E-state index is 13.6. The molecule has 4 rings (SSSR count). The van der Waals surface area contributed by atoms with Crippen molar-refractivity contribution in [3.05, 3.63) is 94.5 Å². The second kappa shape index (κ2) is 10.6. The third-order valence-electron chi connectivity index (χ3n) is 5.83. The average molecular weight is 499 g/mol. The van der Waals surface area contributed by atoms with Crippen LogP contribution in [-0.2, 0) is 21.3 Å². The van der Waals surface area contributed by atoms with Gasteiger partial charge in [0, 0.05) is 23.7 Å². The monoisotopic (exact) mass is 498 g/mol. The van der Waals surface area contributed by atoms with E-state index in [1.807, 2.05) is 6.92 Å². The second-order valence-corrected chi connectivity index (χ2v) is 10.6. The predicted octanol–water partition coefficient (Wildman–Crippen LogP) is 4.95. The molecule has 0 saturated carbocycles. The lowest BCUT2D eigenvalue weighted by Crippen LogP contribution is -2.32. The zero-order valence-corrected chi connectivity index (χ0v) is 20.5. The standard InChI is InChI=1S/C26H27ClN2O4S/c1-19-9-14-22(27)16-25(19)29(34(31,32)24-7-3-2-4-8-24)18-20-10-12-21(13-11-20)26(30)28-17-23-6-5-15-33-23/h2-4,7-14,16,23H,5-6,15,17-18H2,1H3,(H,28,30)/t23-/m1/s1. The molecule has 0 spiro atoms. The molecule has 1 atom stereocenters. The van der Waals surface area contributed by atoms with Gasteiger partial charge in [-0.25, -0.2) is 8.42 Å². The van der Waals surface area contributed by atoms with Crippen LogP contribution in [0.3, 0.4) is 0 Å². The van der Waals surface area contributed by atoms with Gasteiger partial charge in [-0.2, -0.15) is 0 Å². The zero-order valence-electron chi connectivity index (χ0n) is 18.9. The first-order valence-electron chi connectivity index (χ1n) is 11.2. The van der Waals surface area contributed by atoms with Crippen LogP contribution in [0.5, 0.6) is 0 Å². The van der Waals surface area contributed by atoms with Crippen molar-refractivity contribution in [2.75, 3.05) is 17.5 Å². The summed E-state index contributed by atoms with van der Waals surface area (Å²) < 4.78 is 34.1. The summed E-state index contributed by atoms with van der Waals surface area (Å²) in [6.45, 7) is 3.17. The number of amides is 1. The fourth-order valence-corrected chi connectivity index (χ4v) is 5.61. The molecule has 0 bridgehead atoms. The summed E-state index contributed by atoms with van der Waals surface area (Å²) in [4.78, 5) is 12.7. The number of sulfonamides is 1. The fraction of sp³-hybridized carbons (Fsp3) is 0.269. The van der Waals surface area contributed by atoms with E-state index in [0.29, 0.717) is 22.8 Å². The van der Waals surface area contributed by atoms with E-state index in [9.17, 15) is 13.2 Å². The van der Waals surface area contributed by atoms with Crippen molar-refractivity contribution in [2.45, 2.75) is 37.3 Å². The summed E-state index contributed by atoms with van der Waals surface area (Å²) in [5.74, 6) is -0.179. The van der Waals surface area contributed by atoms with E-state index in [2.05, 4.69) is 5.32 Å². The summed E-state index contributed by atoms with van der Waals surface area (Å²) in [5, 5.41) is 3.35. The molecule has 1 aliphatic heterocycles. The molecule has 1 amide bonds. The topological polar surface area (TPSA) is 75.7 Å². The first-order chi connectivity index (χ1) is 16.3. The van der Waals surface area contributed by atoms with Crippen LogP contribution in [0.2, 0.25) is 5.02 Å². The van der Waals surface area contributed by atoms with Crippen molar-refractivity contribution in [1.82, 2.24) is 5.32 Å². The molecule has 1 aliphatic rings. The Kier molecular flexibility index (Phi) is 7.56. The van der Waals surface area contributed by atoms with Gasteiger partial charge in [0.05, 0.1) is 23.2 Å². The minimum Gasteiger partial charge on any atom is -0.376 e. The van der Waals surface area contributed by atoms with Crippen LogP contribution in [0, 0.1) is 6.92 Å². The van der Waals surface area contributed by atoms with Gasteiger partial charge in [-0.15, -0.1) is 0 Å². The Hall–Kier alpha value is -2.87. The van der Waals surface area contributed by atoms with Gasteiger partial charge >= 0.3 is 0 Å². The largest absolute Gasteiger partial charge is 0.376 e. The van der Waals surface area contributed by atoms with Gasteiger partial charge in [-0.1, -0.05) is 48.0 Å². The predicted molar refractivity (Wildman–Crippen MR) is 134 cm³/mol. The van der Waals surface area contributed by atoms with E-state index in [-0.39, 0.29) is 23.5 Å². The van der Waals surface area contributed by atoms with Crippen LogP contribution >= 0.6 is 11.6 Å². The summed E-state index contributed by atoms with van der Waals surface area (Å²) in [6.07, 6.45) is 2.04. The Bertz CT molecular complexity index is 1240. The van der Waals surface area contributed by atoms with Crippen LogP contribution in [0.15, 0.2) is 77.7 Å². The zero-order chi connectivity index (χ0) is 24.1. The Morgan fingerprint density at radius 3 is 2.50 bits per heavy atom. The van der Waals surface area contributed by atoms with E-state index < -0.39 is 10.0 Å². The molecule has 3 aromatic rings. The number of carbonyl (C=O) groups excluding carboxylic acids is 1. The molecule has 1 fully saturated rings. The number of benzene rings is 3. The molecule has 1 N–H and O–H groups in total. The molecule has 0 aliphatic carbocycles. The SMILES string of the molecule is Cc1ccc(Cl)cc1N(Cc1ccc(C(=O)NC[C@H]2CCCO2)cc1)S(=O)(=O)c1ccccc1. The third-order valence-corrected chi connectivity index (χ3v) is 7.84. The summed E-state index contributed by atoms with van der Waals surface area (Å²) >= 11 is 6.22. The smallest absolute Gasteiger partial charge is 0.264 e. The number of nitrogens with zero attached hydrogens (tertiary/aromatic N) is 1. The Balaban J connectivity index is 1.58. The van der Waals surface area contributed by atoms with Crippen LogP contribution in [-0.4, -0.2) is 33.6 Å². The molecule has 0 radical (unpaired) electrons. The third kappa shape index (κ3) is 5.60. The van der Waals surface area contributed by atoms with Gasteiger partial charge in [0.1, 0.15) is 0 Å². The highest BCUT2D eigenvalue weighted by Crippen LogP contribution is 2.31. The van der Waals surface area contributed by atoms with Gasteiger partial charge in [0.2, 0.25) is 0 Å². The Morgan fingerprint density at radius 2 is 1.82 bits per heavy atom. The summed E-state index contributed by atoms with van der Waals surface area (Å²) in [6, 6.07) is 20.5. The minimum absolute atomic E-state index is 0.0703. The average Bonchev–Trinajstić information content (AvgIpc) is 3.37. The first-order valence-corrected chi connectivity index (χ1v) is 13.0. The highest BCUT2D eigenvalue weighted by molar-refractivity contribution is 7.92. The van der Waals surface area contributed by atoms with Crippen molar-refractivity contribution in [2.24, 2.45) is 0 Å². The number of carbonyl (C=O) groups is 1. The lowest BCUT2D eigenvalue weighted by atomic mass is 10.1. The first kappa shape index (κ1) is 24.3. The van der Waals surface area contributed by atoms with E-state index in [4.69, 9.17) is 16.3 Å². The quantitative estimate of drug-likeness (QED) is 0.476. The fourth-order valence-electron chi connectivity index (χ4n) is 3.91. The highest BCUT2D eigenvalue weighted by Gasteiger charge is 2.26. The lowest BCUT2D eigenvalue weighted by molar-refractivity contribution is 0.0858. The molecule has 178 valence electrons. The van der Waals surface area contributed by atoms with E-state index in [1.165, 1.54) is 4.31 Å². The molecule has 1 heterocycles. The maximum atomic E-state index is 13.6. The minimum atomic E-state index is -3.85. The number of hydrogen-bond donors (Lipinski definition) is 1. The van der Waals surface area contributed by atoms with Crippen molar-refractivity contribution < 1.29 is 17.9 Å². The molecule has 34 heavy (non-hydrogen) atoms. The molecule has 3 aromatic carbocycles. The summed E-state index contributed by atoms with van der Waals surface area (Å²) in [7, 11) is -3.85. The van der Waals surface area contributed by atoms with E-state index in [1.54, 1.807) is 72.8 Å². The number of hydrogen-bond acceptors (Lipinski definition) is 4. The molecular formula is C26H27ClN2O4S. The molecule has 1 saturated heterocycles. The van der Waals surface area contributed by atoms with Crippen LogP contribution in [0.1, 0.15) is 34.3 Å². The van der Waals surface area contributed by atoms with E-state index >= 15 is 0 Å². The van der Waals surface area contributed by atoms with Crippen molar-refractivity contribution >= 4 is 33.2 Å². The van der Waals surface area contributed by atoms with Crippen LogP contribution in [0.25, 0.3) is 0 Å². The number of anilines is 1. The Labute approximate surface area is 205 Å². The Morgan fingerprint density at radius 1 is 1.09 bits per heavy atom. The number of halogens is 1. The van der Waals surface area contributed by atoms with Crippen molar-refractivity contribution in [3.63, 3.8) is 0 Å². The lowest BCUT2D eigenvalue weighted by Gasteiger charge is -2.26. The van der Waals surface area contributed by atoms with Gasteiger partial charge in [-0.05, 0) is 67.3 Å². The van der Waals surface area contributed by atoms with Crippen LogP contribution in [0.4, 0.5) is 5.69 Å². The van der Waals surface area contributed by atoms with Crippen LogP contribution < -0.4 is 9.62 Å². The van der Waals surface area contributed by atoms with Gasteiger partial charge in [0.25, 0.3) is 15.9 Å². The molecular weight excluding hydrogens is 472 g/mol. The molecule has 8 heteroatoms.